The first-order valence-electron chi connectivity index (χ1n) is 7.16. The van der Waals surface area contributed by atoms with Crippen LogP contribution in [0.3, 0.4) is 0 Å². The maximum Gasteiger partial charge on any atom is 0.317 e. The fraction of sp³-hybridized carbons (Fsp3) is 0.533. The number of urea groups is 1. The minimum atomic E-state index is -0.888. The van der Waals surface area contributed by atoms with E-state index in [1.165, 1.54) is 0 Å². The van der Waals surface area contributed by atoms with Crippen LogP contribution in [0.25, 0.3) is 0 Å². The minimum absolute atomic E-state index is 0.141. The van der Waals surface area contributed by atoms with Gasteiger partial charge in [0.25, 0.3) is 0 Å². The van der Waals surface area contributed by atoms with E-state index in [2.05, 4.69) is 10.3 Å². The Bertz CT molecular complexity index is 491. The van der Waals surface area contributed by atoms with Crippen molar-refractivity contribution in [3.8, 4) is 0 Å². The van der Waals surface area contributed by atoms with Gasteiger partial charge in [-0.25, -0.2) is 4.79 Å². The van der Waals surface area contributed by atoms with Gasteiger partial charge >= 0.3 is 12.0 Å². The van der Waals surface area contributed by atoms with Crippen LogP contribution in [-0.2, 0) is 11.3 Å². The molecule has 1 atom stereocenters. The predicted molar refractivity (Wildman–Crippen MR) is 79.9 cm³/mol. The molecular weight excluding hydrogens is 270 g/mol. The van der Waals surface area contributed by atoms with Gasteiger partial charge in [-0.1, -0.05) is 13.0 Å². The summed E-state index contributed by atoms with van der Waals surface area (Å²) in [6.45, 7) is 6.66. The van der Waals surface area contributed by atoms with E-state index >= 15 is 0 Å². The number of hydrogen-bond acceptors (Lipinski definition) is 3. The van der Waals surface area contributed by atoms with E-state index in [0.717, 1.165) is 11.4 Å². The summed E-state index contributed by atoms with van der Waals surface area (Å²) in [7, 11) is 0. The zero-order valence-electron chi connectivity index (χ0n) is 12.8. The number of rotatable bonds is 7. The zero-order chi connectivity index (χ0) is 15.8. The number of nitrogens with one attached hydrogen (secondary N) is 1. The van der Waals surface area contributed by atoms with Gasteiger partial charge in [-0.05, 0) is 32.4 Å². The Morgan fingerprint density at radius 3 is 2.62 bits per heavy atom. The Labute approximate surface area is 125 Å². The number of aryl methyl sites for hydroxylation is 1. The maximum atomic E-state index is 12.1. The summed E-state index contributed by atoms with van der Waals surface area (Å²) in [5.74, 6) is -1.44. The van der Waals surface area contributed by atoms with E-state index in [4.69, 9.17) is 5.11 Å². The zero-order valence-corrected chi connectivity index (χ0v) is 12.8. The smallest absolute Gasteiger partial charge is 0.317 e. The molecule has 1 aromatic heterocycles. The number of pyridine rings is 1. The average Bonchev–Trinajstić information content (AvgIpc) is 2.44. The molecule has 1 heterocycles. The van der Waals surface area contributed by atoms with Crippen LogP contribution in [0.1, 0.15) is 31.7 Å². The maximum absolute atomic E-state index is 12.1. The summed E-state index contributed by atoms with van der Waals surface area (Å²) >= 11 is 0. The molecule has 6 nitrogen and oxygen atoms in total. The summed E-state index contributed by atoms with van der Waals surface area (Å²) in [6.07, 6.45) is 0.487. The van der Waals surface area contributed by atoms with E-state index in [1.807, 2.05) is 32.0 Å². The van der Waals surface area contributed by atoms with Crippen LogP contribution >= 0.6 is 0 Å². The van der Waals surface area contributed by atoms with E-state index in [9.17, 15) is 9.59 Å². The van der Waals surface area contributed by atoms with Crippen LogP contribution in [-0.4, -0.2) is 40.1 Å². The van der Waals surface area contributed by atoms with Crippen LogP contribution in [0.4, 0.5) is 4.79 Å². The van der Waals surface area contributed by atoms with Gasteiger partial charge in [0.1, 0.15) is 0 Å². The third-order valence-corrected chi connectivity index (χ3v) is 3.31. The van der Waals surface area contributed by atoms with E-state index in [-0.39, 0.29) is 12.6 Å². The lowest BCUT2D eigenvalue weighted by Gasteiger charge is -2.22. The van der Waals surface area contributed by atoms with E-state index in [1.54, 1.807) is 11.8 Å². The number of amides is 2. The Morgan fingerprint density at radius 1 is 1.38 bits per heavy atom. The van der Waals surface area contributed by atoms with Crippen molar-refractivity contribution in [3.05, 3.63) is 29.6 Å². The molecule has 116 valence electrons. The molecule has 0 bridgehead atoms. The van der Waals surface area contributed by atoms with Crippen molar-refractivity contribution in [2.24, 2.45) is 5.92 Å². The Kier molecular flexibility index (Phi) is 6.65. The lowest BCUT2D eigenvalue weighted by Crippen LogP contribution is -2.42. The summed E-state index contributed by atoms with van der Waals surface area (Å²) in [5.41, 5.74) is 1.72. The molecule has 0 aliphatic carbocycles. The van der Waals surface area contributed by atoms with Crippen LogP contribution in [0.15, 0.2) is 18.2 Å². The molecule has 1 aromatic rings. The van der Waals surface area contributed by atoms with Crippen molar-refractivity contribution in [1.82, 2.24) is 15.2 Å². The quantitative estimate of drug-likeness (QED) is 0.806. The van der Waals surface area contributed by atoms with Crippen molar-refractivity contribution in [3.63, 3.8) is 0 Å². The lowest BCUT2D eigenvalue weighted by molar-refractivity contribution is -0.141. The second-order valence-electron chi connectivity index (χ2n) is 4.91. The second-order valence-corrected chi connectivity index (χ2v) is 4.91. The Morgan fingerprint density at radius 2 is 2.10 bits per heavy atom. The number of hydrogen-bond donors (Lipinski definition) is 2. The third-order valence-electron chi connectivity index (χ3n) is 3.31. The van der Waals surface area contributed by atoms with Crippen molar-refractivity contribution in [1.29, 1.82) is 0 Å². The highest BCUT2D eigenvalue weighted by Crippen LogP contribution is 2.05. The van der Waals surface area contributed by atoms with Gasteiger partial charge in [-0.3, -0.25) is 9.78 Å². The molecular formula is C15H23N3O3. The number of nitrogens with zero attached hydrogens (tertiary/aromatic N) is 2. The summed E-state index contributed by atoms with van der Waals surface area (Å²) in [4.78, 5) is 29.0. The Hall–Kier alpha value is -2.11. The van der Waals surface area contributed by atoms with Gasteiger partial charge in [0.05, 0.1) is 18.2 Å². The number of carbonyl (C=O) groups excluding carboxylic acids is 1. The average molecular weight is 293 g/mol. The fourth-order valence-electron chi connectivity index (χ4n) is 1.94. The highest BCUT2D eigenvalue weighted by atomic mass is 16.4. The topological polar surface area (TPSA) is 82.5 Å². The number of carboxylic acid groups (broad SMARTS) is 1. The minimum Gasteiger partial charge on any atom is -0.481 e. The summed E-state index contributed by atoms with van der Waals surface area (Å²) in [6, 6.07) is 5.41. The first kappa shape index (κ1) is 16.9. The molecule has 0 aromatic carbocycles. The van der Waals surface area contributed by atoms with Gasteiger partial charge in [0.2, 0.25) is 0 Å². The van der Waals surface area contributed by atoms with Crippen LogP contribution < -0.4 is 5.32 Å². The van der Waals surface area contributed by atoms with Gasteiger partial charge in [-0.15, -0.1) is 0 Å². The SMILES string of the molecule is CCC(CNC(=O)N(CC)Cc1cccc(C)n1)C(=O)O. The van der Waals surface area contributed by atoms with E-state index in [0.29, 0.717) is 19.5 Å². The van der Waals surface area contributed by atoms with Gasteiger partial charge in [0, 0.05) is 18.8 Å². The molecule has 2 amide bonds. The molecule has 1 unspecified atom stereocenters. The largest absolute Gasteiger partial charge is 0.481 e. The van der Waals surface area contributed by atoms with Gasteiger partial charge in [-0.2, -0.15) is 0 Å². The monoisotopic (exact) mass is 293 g/mol. The first-order chi connectivity index (χ1) is 9.97. The van der Waals surface area contributed by atoms with E-state index < -0.39 is 11.9 Å². The molecule has 0 spiro atoms. The fourth-order valence-corrected chi connectivity index (χ4v) is 1.94. The van der Waals surface area contributed by atoms with Crippen molar-refractivity contribution in [2.75, 3.05) is 13.1 Å². The molecule has 0 aliphatic rings. The van der Waals surface area contributed by atoms with Crippen LogP contribution in [0.5, 0.6) is 0 Å². The Balaban J connectivity index is 2.59. The van der Waals surface area contributed by atoms with Crippen molar-refractivity contribution in [2.45, 2.75) is 33.7 Å². The molecule has 0 aliphatic heterocycles. The standard InChI is InChI=1S/C15H23N3O3/c1-4-12(14(19)20)9-16-15(21)18(5-2)10-13-8-6-7-11(3)17-13/h6-8,12H,4-5,9-10H2,1-3H3,(H,16,21)(H,19,20). The van der Waals surface area contributed by atoms with Crippen molar-refractivity contribution >= 4 is 12.0 Å². The first-order valence-corrected chi connectivity index (χ1v) is 7.16. The molecule has 6 heteroatoms. The van der Waals surface area contributed by atoms with Crippen molar-refractivity contribution < 1.29 is 14.7 Å². The molecule has 0 fully saturated rings. The summed E-state index contributed by atoms with van der Waals surface area (Å²) < 4.78 is 0. The normalized spacial score (nSPS) is 11.8. The highest BCUT2D eigenvalue weighted by Gasteiger charge is 2.18. The molecule has 0 radical (unpaired) electrons. The molecule has 0 saturated heterocycles. The van der Waals surface area contributed by atoms with Crippen LogP contribution in [0, 0.1) is 12.8 Å². The van der Waals surface area contributed by atoms with Gasteiger partial charge < -0.3 is 15.3 Å². The number of aliphatic carboxylic acids is 1. The van der Waals surface area contributed by atoms with Gasteiger partial charge in [0.15, 0.2) is 0 Å². The molecule has 1 rings (SSSR count). The van der Waals surface area contributed by atoms with Crippen LogP contribution in [0.2, 0.25) is 0 Å². The number of aromatic nitrogens is 1. The summed E-state index contributed by atoms with van der Waals surface area (Å²) in [5, 5.41) is 11.7. The third kappa shape index (κ3) is 5.41. The lowest BCUT2D eigenvalue weighted by atomic mass is 10.1. The second kappa shape index (κ2) is 8.24. The molecule has 21 heavy (non-hydrogen) atoms. The molecule has 2 N–H and O–H groups in total. The number of carbonyl (C=O) groups is 2. The molecule has 0 saturated carbocycles. The highest BCUT2D eigenvalue weighted by molar-refractivity contribution is 5.76. The predicted octanol–water partition coefficient (Wildman–Crippen LogP) is 2.03. The number of carboxylic acids is 1.